The van der Waals surface area contributed by atoms with Crippen LogP contribution in [0.2, 0.25) is 0 Å². The zero-order valence-electron chi connectivity index (χ0n) is 25.5. The topological polar surface area (TPSA) is 124 Å². The molecule has 10 heteroatoms. The van der Waals surface area contributed by atoms with Crippen LogP contribution in [0.4, 0.5) is 0 Å². The Kier molecular flexibility index (Phi) is 13.4. The Morgan fingerprint density at radius 1 is 0.659 bits per heavy atom. The Bertz CT molecular complexity index is 859. The second kappa shape index (κ2) is 16.4. The predicted octanol–water partition coefficient (Wildman–Crippen LogP) is 5.03. The lowest BCUT2D eigenvalue weighted by atomic mass is 9.70. The lowest BCUT2D eigenvalue weighted by molar-refractivity contribution is -0.318. The van der Waals surface area contributed by atoms with Crippen LogP contribution in [-0.2, 0) is 47.6 Å². The van der Waals surface area contributed by atoms with Gasteiger partial charge in [0.05, 0.1) is 6.10 Å². The van der Waals surface area contributed by atoms with Crippen molar-refractivity contribution in [3.8, 4) is 0 Å². The average molecular weight is 583 g/mol. The summed E-state index contributed by atoms with van der Waals surface area (Å²) in [5.41, 5.74) is 0. The fourth-order valence-electron chi connectivity index (χ4n) is 6.82. The van der Waals surface area contributed by atoms with Crippen molar-refractivity contribution in [2.24, 2.45) is 17.8 Å². The first-order chi connectivity index (χ1) is 19.6. The van der Waals surface area contributed by atoms with E-state index in [4.69, 9.17) is 28.4 Å². The third-order valence-corrected chi connectivity index (χ3v) is 8.77. The second-order valence-corrected chi connectivity index (χ2v) is 12.0. The lowest BCUT2D eigenvalue weighted by Crippen LogP contribution is -2.63. The molecule has 1 aliphatic heterocycles. The van der Waals surface area contributed by atoms with Gasteiger partial charge in [-0.05, 0) is 56.3 Å². The van der Waals surface area contributed by atoms with Crippen molar-refractivity contribution in [2.75, 3.05) is 6.61 Å². The van der Waals surface area contributed by atoms with Crippen molar-refractivity contribution >= 4 is 23.9 Å². The number of unbranched alkanes of at least 4 members (excludes halogenated alkanes) is 2. The van der Waals surface area contributed by atoms with Gasteiger partial charge in [-0.2, -0.15) is 0 Å². The van der Waals surface area contributed by atoms with Gasteiger partial charge in [-0.1, -0.05) is 45.4 Å². The van der Waals surface area contributed by atoms with Gasteiger partial charge >= 0.3 is 23.9 Å². The summed E-state index contributed by atoms with van der Waals surface area (Å²) in [7, 11) is 0. The minimum atomic E-state index is -1.21. The molecular weight excluding hydrogens is 532 g/mol. The second-order valence-electron chi connectivity index (χ2n) is 12.0. The molecule has 0 aromatic rings. The zero-order valence-corrected chi connectivity index (χ0v) is 25.5. The van der Waals surface area contributed by atoms with E-state index in [2.05, 4.69) is 6.92 Å². The molecule has 0 spiro atoms. The fourth-order valence-corrected chi connectivity index (χ4v) is 6.82. The molecule has 0 amide bonds. The Balaban J connectivity index is 1.65. The Labute approximate surface area is 244 Å². The highest BCUT2D eigenvalue weighted by molar-refractivity contribution is 5.68. The third-order valence-electron chi connectivity index (χ3n) is 8.77. The number of ether oxygens (including phenoxy) is 6. The Morgan fingerprint density at radius 2 is 1.20 bits per heavy atom. The highest BCUT2D eigenvalue weighted by Crippen LogP contribution is 2.42. The number of esters is 4. The summed E-state index contributed by atoms with van der Waals surface area (Å²) < 4.78 is 34.2. The van der Waals surface area contributed by atoms with Gasteiger partial charge in [0.1, 0.15) is 12.7 Å². The molecule has 0 bridgehead atoms. The summed E-state index contributed by atoms with van der Waals surface area (Å²) in [6.45, 7) is 6.90. The minimum Gasteiger partial charge on any atom is -0.463 e. The number of hydrogen-bond donors (Lipinski definition) is 0. The maximum Gasteiger partial charge on any atom is 0.303 e. The van der Waals surface area contributed by atoms with E-state index in [-0.39, 0.29) is 12.7 Å². The van der Waals surface area contributed by atoms with E-state index in [0.717, 1.165) is 37.5 Å². The van der Waals surface area contributed by atoms with Crippen LogP contribution >= 0.6 is 0 Å². The number of rotatable bonds is 12. The standard InChI is InChI=1S/C31H50O10/c1-6-7-8-9-23-10-12-24(13-11-23)25-14-16-26(17-15-25)40-31-30(39-22(5)35)29(38-21(4)34)28(37-20(3)33)27(41-31)18-36-19(2)32/h23-31H,6-18H2,1-5H3. The predicted molar refractivity (Wildman–Crippen MR) is 148 cm³/mol. The van der Waals surface area contributed by atoms with E-state index >= 15 is 0 Å². The van der Waals surface area contributed by atoms with Crippen molar-refractivity contribution in [1.29, 1.82) is 0 Å². The first-order valence-electron chi connectivity index (χ1n) is 15.5. The number of carbonyl (C=O) groups is 4. The molecule has 234 valence electrons. The molecule has 5 unspecified atom stereocenters. The molecular formula is C31H50O10. The molecule has 0 N–H and O–H groups in total. The normalized spacial score (nSPS) is 33.8. The minimum absolute atomic E-state index is 0.141. The van der Waals surface area contributed by atoms with Gasteiger partial charge in [0.25, 0.3) is 0 Å². The molecule has 0 aromatic carbocycles. The molecule has 5 atom stereocenters. The molecule has 1 saturated heterocycles. The van der Waals surface area contributed by atoms with Gasteiger partial charge in [0.15, 0.2) is 24.6 Å². The van der Waals surface area contributed by atoms with Crippen LogP contribution in [0.1, 0.15) is 112 Å². The van der Waals surface area contributed by atoms with Crippen LogP contribution < -0.4 is 0 Å². The van der Waals surface area contributed by atoms with Crippen LogP contribution in [0.5, 0.6) is 0 Å². The first-order valence-corrected chi connectivity index (χ1v) is 15.5. The Hall–Kier alpha value is -2.20. The quantitative estimate of drug-likeness (QED) is 0.176. The average Bonchev–Trinajstić information content (AvgIpc) is 2.91. The molecule has 1 heterocycles. The van der Waals surface area contributed by atoms with Crippen LogP contribution in [0.3, 0.4) is 0 Å². The summed E-state index contributed by atoms with van der Waals surface area (Å²) in [6.07, 6.45) is 8.66. The molecule has 3 rings (SSSR count). The third kappa shape index (κ3) is 10.5. The summed E-state index contributed by atoms with van der Waals surface area (Å²) >= 11 is 0. The van der Waals surface area contributed by atoms with Crippen molar-refractivity contribution in [3.63, 3.8) is 0 Å². The molecule has 0 aromatic heterocycles. The summed E-state index contributed by atoms with van der Waals surface area (Å²) in [5.74, 6) is -0.147. The van der Waals surface area contributed by atoms with Crippen molar-refractivity contribution in [2.45, 2.75) is 148 Å². The van der Waals surface area contributed by atoms with Crippen LogP contribution in [-0.4, -0.2) is 67.3 Å². The van der Waals surface area contributed by atoms with Crippen molar-refractivity contribution < 1.29 is 47.6 Å². The van der Waals surface area contributed by atoms with Crippen molar-refractivity contribution in [3.05, 3.63) is 0 Å². The van der Waals surface area contributed by atoms with Gasteiger partial charge in [-0.3, -0.25) is 19.2 Å². The number of carbonyl (C=O) groups excluding carboxylic acids is 4. The molecule has 41 heavy (non-hydrogen) atoms. The first kappa shape index (κ1) is 33.3. The monoisotopic (exact) mass is 582 g/mol. The Morgan fingerprint density at radius 3 is 1.73 bits per heavy atom. The van der Waals surface area contributed by atoms with E-state index in [9.17, 15) is 19.2 Å². The van der Waals surface area contributed by atoms with E-state index in [1.54, 1.807) is 0 Å². The van der Waals surface area contributed by atoms with Gasteiger partial charge in [0, 0.05) is 27.7 Å². The molecule has 0 radical (unpaired) electrons. The highest BCUT2D eigenvalue weighted by atomic mass is 16.7. The molecule has 3 aliphatic rings. The lowest BCUT2D eigenvalue weighted by Gasteiger charge is -2.45. The van der Waals surface area contributed by atoms with E-state index < -0.39 is 54.6 Å². The zero-order chi connectivity index (χ0) is 29.9. The van der Waals surface area contributed by atoms with Gasteiger partial charge in [-0.15, -0.1) is 0 Å². The fraction of sp³-hybridized carbons (Fsp3) is 0.871. The van der Waals surface area contributed by atoms with Gasteiger partial charge in [-0.25, -0.2) is 0 Å². The number of hydrogen-bond acceptors (Lipinski definition) is 10. The SMILES string of the molecule is CCCCCC1CCC(C2CCC(OC3OC(COC(C)=O)C(OC(C)=O)C(OC(C)=O)C3OC(C)=O)CC2)CC1. The molecule has 2 aliphatic carbocycles. The van der Waals surface area contributed by atoms with Crippen LogP contribution in [0.25, 0.3) is 0 Å². The van der Waals surface area contributed by atoms with Crippen molar-refractivity contribution in [1.82, 2.24) is 0 Å². The summed E-state index contributed by atoms with van der Waals surface area (Å²) in [4.78, 5) is 47.6. The van der Waals surface area contributed by atoms with E-state index in [1.165, 1.54) is 79.1 Å². The van der Waals surface area contributed by atoms with Crippen LogP contribution in [0, 0.1) is 17.8 Å². The van der Waals surface area contributed by atoms with E-state index in [1.807, 2.05) is 0 Å². The highest BCUT2D eigenvalue weighted by Gasteiger charge is 2.53. The van der Waals surface area contributed by atoms with Gasteiger partial charge < -0.3 is 28.4 Å². The molecule has 2 saturated carbocycles. The molecule has 3 fully saturated rings. The van der Waals surface area contributed by atoms with Crippen LogP contribution in [0.15, 0.2) is 0 Å². The maximum atomic E-state index is 12.1. The largest absolute Gasteiger partial charge is 0.463 e. The summed E-state index contributed by atoms with van der Waals surface area (Å²) in [6, 6.07) is 0. The smallest absolute Gasteiger partial charge is 0.303 e. The maximum absolute atomic E-state index is 12.1. The van der Waals surface area contributed by atoms with E-state index in [0.29, 0.717) is 5.92 Å². The summed E-state index contributed by atoms with van der Waals surface area (Å²) in [5, 5.41) is 0. The van der Waals surface area contributed by atoms with Gasteiger partial charge in [0.2, 0.25) is 0 Å². The molecule has 10 nitrogen and oxygen atoms in total.